The molecule has 2 aromatic rings. The molecule has 0 fully saturated rings. The zero-order valence-corrected chi connectivity index (χ0v) is 10.7. The van der Waals surface area contributed by atoms with Crippen molar-refractivity contribution in [3.63, 3.8) is 0 Å². The minimum atomic E-state index is -1.35. The molecule has 20 heavy (non-hydrogen) atoms. The molecule has 1 unspecified atom stereocenters. The highest BCUT2D eigenvalue weighted by Gasteiger charge is 2.20. The van der Waals surface area contributed by atoms with Gasteiger partial charge >= 0.3 is 0 Å². The topological polar surface area (TPSA) is 0 Å². The summed E-state index contributed by atoms with van der Waals surface area (Å²) in [6, 6.07) is 4.17. The molecule has 0 aromatic heterocycles. The molecule has 0 saturated heterocycles. The summed E-state index contributed by atoms with van der Waals surface area (Å²) in [7, 11) is 0. The first-order chi connectivity index (χ1) is 9.40. The molecule has 0 saturated carbocycles. The van der Waals surface area contributed by atoms with Crippen molar-refractivity contribution in [3.8, 4) is 0 Å². The molecular weight excluding hydrogens is 299 g/mol. The third-order valence-electron chi connectivity index (χ3n) is 2.82. The van der Waals surface area contributed by atoms with E-state index in [0.717, 1.165) is 12.1 Å². The molecule has 0 amide bonds. The maximum Gasteiger partial charge on any atom is 0.161 e. The molecule has 0 N–H and O–H groups in total. The van der Waals surface area contributed by atoms with Crippen molar-refractivity contribution in [2.24, 2.45) is 0 Å². The molecule has 0 aliphatic carbocycles. The highest BCUT2D eigenvalue weighted by atomic mass is 35.5. The van der Waals surface area contributed by atoms with Gasteiger partial charge < -0.3 is 0 Å². The van der Waals surface area contributed by atoms with Crippen molar-refractivity contribution in [2.45, 2.75) is 11.8 Å². The van der Waals surface area contributed by atoms with Crippen LogP contribution in [0.5, 0.6) is 0 Å². The van der Waals surface area contributed by atoms with Crippen molar-refractivity contribution in [1.29, 1.82) is 0 Å². The summed E-state index contributed by atoms with van der Waals surface area (Å²) >= 11 is 5.85. The van der Waals surface area contributed by atoms with Crippen LogP contribution in [0.4, 0.5) is 22.0 Å². The maximum absolute atomic E-state index is 13.5. The van der Waals surface area contributed by atoms with Gasteiger partial charge in [0.2, 0.25) is 0 Å². The Labute approximate surface area is 116 Å². The number of alkyl halides is 1. The monoisotopic (exact) mass is 306 g/mol. The summed E-state index contributed by atoms with van der Waals surface area (Å²) < 4.78 is 66.3. The van der Waals surface area contributed by atoms with Crippen molar-refractivity contribution in [3.05, 3.63) is 70.5 Å². The van der Waals surface area contributed by atoms with Gasteiger partial charge in [-0.15, -0.1) is 11.6 Å². The highest BCUT2D eigenvalue weighted by molar-refractivity contribution is 6.20. The van der Waals surface area contributed by atoms with E-state index in [2.05, 4.69) is 0 Å². The molecule has 1 atom stereocenters. The molecule has 0 aliphatic rings. The van der Waals surface area contributed by atoms with E-state index < -0.39 is 34.5 Å². The van der Waals surface area contributed by atoms with Crippen LogP contribution in [0.25, 0.3) is 0 Å². The van der Waals surface area contributed by atoms with E-state index in [1.54, 1.807) is 0 Å². The van der Waals surface area contributed by atoms with Gasteiger partial charge in [0.05, 0.1) is 5.38 Å². The average molecular weight is 307 g/mol. The largest absolute Gasteiger partial charge is 0.207 e. The van der Waals surface area contributed by atoms with E-state index in [-0.39, 0.29) is 17.5 Å². The van der Waals surface area contributed by atoms with Gasteiger partial charge in [0, 0.05) is 17.2 Å². The molecule has 0 bridgehead atoms. The van der Waals surface area contributed by atoms with E-state index in [4.69, 9.17) is 11.6 Å². The smallest absolute Gasteiger partial charge is 0.161 e. The van der Waals surface area contributed by atoms with Crippen LogP contribution in [0.3, 0.4) is 0 Å². The molecule has 0 aliphatic heterocycles. The van der Waals surface area contributed by atoms with Crippen molar-refractivity contribution in [2.75, 3.05) is 0 Å². The third kappa shape index (κ3) is 2.93. The summed E-state index contributed by atoms with van der Waals surface area (Å²) in [4.78, 5) is 0. The second kappa shape index (κ2) is 5.79. The minimum Gasteiger partial charge on any atom is -0.207 e. The zero-order chi connectivity index (χ0) is 14.9. The third-order valence-corrected chi connectivity index (χ3v) is 3.21. The normalized spacial score (nSPS) is 12.5. The van der Waals surface area contributed by atoms with Gasteiger partial charge in [0.1, 0.15) is 17.5 Å². The summed E-state index contributed by atoms with van der Waals surface area (Å²) in [5.41, 5.74) is -0.690. The Morgan fingerprint density at radius 2 is 1.35 bits per heavy atom. The first-order valence-electron chi connectivity index (χ1n) is 5.61. The minimum absolute atomic E-state index is 0.336. The molecule has 0 radical (unpaired) electrons. The van der Waals surface area contributed by atoms with E-state index in [9.17, 15) is 22.0 Å². The van der Waals surface area contributed by atoms with Gasteiger partial charge in [-0.1, -0.05) is 6.07 Å². The summed E-state index contributed by atoms with van der Waals surface area (Å²) in [5.74, 6) is -5.37. The maximum atomic E-state index is 13.5. The van der Waals surface area contributed by atoms with Gasteiger partial charge in [0.15, 0.2) is 11.6 Å². The van der Waals surface area contributed by atoms with E-state index >= 15 is 0 Å². The van der Waals surface area contributed by atoms with Gasteiger partial charge in [-0.05, 0) is 24.6 Å². The molecule has 0 spiro atoms. The fraction of sp³-hybridized carbons (Fsp3) is 0.143. The lowest BCUT2D eigenvalue weighted by Crippen LogP contribution is -2.05. The predicted octanol–water partition coefficient (Wildman–Crippen LogP) is 4.90. The van der Waals surface area contributed by atoms with Crippen LogP contribution in [0.1, 0.15) is 16.5 Å². The molecule has 106 valence electrons. The molecular formula is C14H8ClF5. The van der Waals surface area contributed by atoms with Crippen LogP contribution in [-0.4, -0.2) is 0 Å². The molecule has 6 heteroatoms. The second-order valence-electron chi connectivity index (χ2n) is 4.16. The van der Waals surface area contributed by atoms with Gasteiger partial charge in [0.25, 0.3) is 0 Å². The Morgan fingerprint density at radius 3 is 1.95 bits per heavy atom. The standard InChI is InChI=1S/C14H8ClF5/c15-9(4-8-10(16)2-1-3-11(8)17)7-5-13(19)14(20)6-12(7)18/h1-3,5-6,9H,4H2. The Balaban J connectivity index is 2.33. The number of halogens is 6. The van der Waals surface area contributed by atoms with Crippen molar-refractivity contribution in [1.82, 2.24) is 0 Å². The number of hydrogen-bond donors (Lipinski definition) is 0. The highest BCUT2D eigenvalue weighted by Crippen LogP contribution is 2.30. The van der Waals surface area contributed by atoms with Gasteiger partial charge in [-0.25, -0.2) is 22.0 Å². The Morgan fingerprint density at radius 1 is 0.800 bits per heavy atom. The SMILES string of the molecule is Fc1cc(F)c(C(Cl)Cc2c(F)cccc2F)cc1F. The quantitative estimate of drug-likeness (QED) is 0.429. The van der Waals surface area contributed by atoms with Gasteiger partial charge in [-0.2, -0.15) is 0 Å². The lowest BCUT2D eigenvalue weighted by Gasteiger charge is -2.12. The van der Waals surface area contributed by atoms with Crippen LogP contribution in [-0.2, 0) is 6.42 Å². The first-order valence-corrected chi connectivity index (χ1v) is 6.05. The van der Waals surface area contributed by atoms with E-state index in [1.807, 2.05) is 0 Å². The number of hydrogen-bond acceptors (Lipinski definition) is 0. The van der Waals surface area contributed by atoms with E-state index in [0.29, 0.717) is 12.1 Å². The molecule has 0 nitrogen and oxygen atoms in total. The Kier molecular flexibility index (Phi) is 4.28. The zero-order valence-electron chi connectivity index (χ0n) is 9.94. The summed E-state index contributed by atoms with van der Waals surface area (Å²) in [5, 5.41) is -1.23. The molecule has 2 rings (SSSR count). The van der Waals surface area contributed by atoms with Crippen molar-refractivity contribution < 1.29 is 22.0 Å². The van der Waals surface area contributed by atoms with Crippen LogP contribution in [0, 0.1) is 29.1 Å². The number of rotatable bonds is 3. The van der Waals surface area contributed by atoms with E-state index in [1.165, 1.54) is 6.07 Å². The predicted molar refractivity (Wildman–Crippen MR) is 65.0 cm³/mol. The van der Waals surface area contributed by atoms with Gasteiger partial charge in [-0.3, -0.25) is 0 Å². The van der Waals surface area contributed by atoms with Crippen LogP contribution in [0.15, 0.2) is 30.3 Å². The molecule has 0 heterocycles. The Bertz CT molecular complexity index is 621. The van der Waals surface area contributed by atoms with Crippen LogP contribution < -0.4 is 0 Å². The van der Waals surface area contributed by atoms with Crippen LogP contribution >= 0.6 is 11.6 Å². The Hall–Kier alpha value is -1.62. The van der Waals surface area contributed by atoms with Crippen LogP contribution in [0.2, 0.25) is 0 Å². The number of benzene rings is 2. The lowest BCUT2D eigenvalue weighted by molar-refractivity contribution is 0.488. The second-order valence-corrected chi connectivity index (χ2v) is 4.69. The summed E-state index contributed by atoms with van der Waals surface area (Å²) in [6.07, 6.45) is -0.387. The van der Waals surface area contributed by atoms with Crippen molar-refractivity contribution >= 4 is 11.6 Å². The molecule has 2 aromatic carbocycles. The average Bonchev–Trinajstić information content (AvgIpc) is 2.38. The summed E-state index contributed by atoms with van der Waals surface area (Å²) in [6.45, 7) is 0. The fourth-order valence-electron chi connectivity index (χ4n) is 1.79. The lowest BCUT2D eigenvalue weighted by atomic mass is 10.0. The fourth-order valence-corrected chi connectivity index (χ4v) is 2.12. The first kappa shape index (κ1) is 14.8.